The van der Waals surface area contributed by atoms with Crippen molar-refractivity contribution in [2.45, 2.75) is 45.3 Å². The highest BCUT2D eigenvalue weighted by Crippen LogP contribution is 2.34. The van der Waals surface area contributed by atoms with Crippen LogP contribution in [0.15, 0.2) is 61.1 Å². The highest BCUT2D eigenvalue weighted by atomic mass is 16.5. The van der Waals surface area contributed by atoms with Crippen LogP contribution in [0.4, 0.5) is 11.5 Å². The Hall–Kier alpha value is -4.08. The number of ketones is 1. The van der Waals surface area contributed by atoms with Crippen LogP contribution in [0.2, 0.25) is 0 Å². The third-order valence-corrected chi connectivity index (χ3v) is 6.83. The second-order valence-corrected chi connectivity index (χ2v) is 9.61. The fourth-order valence-electron chi connectivity index (χ4n) is 4.75. The van der Waals surface area contributed by atoms with Gasteiger partial charge in [-0.05, 0) is 88.2 Å². The number of carbonyl (C=O) groups is 1. The Bertz CT molecular complexity index is 1450. The highest BCUT2D eigenvalue weighted by Gasteiger charge is 2.43. The molecule has 0 radical (unpaired) electrons. The summed E-state index contributed by atoms with van der Waals surface area (Å²) in [6, 6.07) is 15.1. The predicted molar refractivity (Wildman–Crippen MR) is 145 cm³/mol. The van der Waals surface area contributed by atoms with Crippen LogP contribution in [0.5, 0.6) is 17.2 Å². The monoisotopic (exact) mass is 513 g/mol. The molecule has 1 aliphatic heterocycles. The first kappa shape index (κ1) is 25.6. The van der Waals surface area contributed by atoms with Crippen LogP contribution in [0.1, 0.15) is 31.0 Å². The number of hydrogen-bond acceptors (Lipinski definition) is 9. The van der Waals surface area contributed by atoms with E-state index in [0.29, 0.717) is 41.2 Å². The van der Waals surface area contributed by atoms with Crippen molar-refractivity contribution in [1.29, 1.82) is 0 Å². The van der Waals surface area contributed by atoms with Crippen molar-refractivity contribution in [3.8, 4) is 17.2 Å². The number of rotatable bonds is 9. The second kappa shape index (κ2) is 10.7. The number of aryl methyl sites for hydroxylation is 2. The summed E-state index contributed by atoms with van der Waals surface area (Å²) >= 11 is 0. The third-order valence-electron chi connectivity index (χ3n) is 6.83. The maximum Gasteiger partial charge on any atom is 0.195 e. The molecule has 1 fully saturated rings. The van der Waals surface area contributed by atoms with Gasteiger partial charge in [0.25, 0.3) is 0 Å². The van der Waals surface area contributed by atoms with Crippen molar-refractivity contribution in [2.24, 2.45) is 0 Å². The van der Waals surface area contributed by atoms with Crippen LogP contribution >= 0.6 is 0 Å². The first-order chi connectivity index (χ1) is 18.4. The summed E-state index contributed by atoms with van der Waals surface area (Å²) in [5, 5.41) is 17.1. The van der Waals surface area contributed by atoms with Crippen LogP contribution in [0, 0.1) is 13.8 Å². The Morgan fingerprint density at radius 1 is 1.13 bits per heavy atom. The molecule has 38 heavy (non-hydrogen) atoms. The van der Waals surface area contributed by atoms with Crippen LogP contribution in [0.3, 0.4) is 0 Å². The second-order valence-electron chi connectivity index (χ2n) is 9.61. The van der Waals surface area contributed by atoms with Crippen molar-refractivity contribution in [1.82, 2.24) is 20.3 Å². The fourth-order valence-corrected chi connectivity index (χ4v) is 4.75. The van der Waals surface area contributed by atoms with Gasteiger partial charge < -0.3 is 25.2 Å². The van der Waals surface area contributed by atoms with Gasteiger partial charge >= 0.3 is 0 Å². The smallest absolute Gasteiger partial charge is 0.195 e. The van der Waals surface area contributed by atoms with E-state index in [1.165, 1.54) is 6.33 Å². The van der Waals surface area contributed by atoms with E-state index < -0.39 is 11.6 Å². The molecule has 2 aromatic heterocycles. The highest BCUT2D eigenvalue weighted by molar-refractivity contribution is 5.97. The van der Waals surface area contributed by atoms with Crippen LogP contribution in [-0.2, 0) is 4.79 Å². The first-order valence-electron chi connectivity index (χ1n) is 12.7. The summed E-state index contributed by atoms with van der Waals surface area (Å²) in [7, 11) is 0. The van der Waals surface area contributed by atoms with Gasteiger partial charge in [0, 0.05) is 11.4 Å². The zero-order valence-electron chi connectivity index (χ0n) is 21.7. The van der Waals surface area contributed by atoms with E-state index in [0.717, 1.165) is 29.1 Å². The van der Waals surface area contributed by atoms with Crippen LogP contribution in [-0.4, -0.2) is 50.6 Å². The van der Waals surface area contributed by atoms with Gasteiger partial charge in [-0.15, -0.1) is 0 Å². The molecule has 0 spiro atoms. The van der Waals surface area contributed by atoms with Gasteiger partial charge in [-0.3, -0.25) is 9.78 Å². The molecule has 0 bridgehead atoms. The van der Waals surface area contributed by atoms with Gasteiger partial charge in [-0.2, -0.15) is 0 Å². The number of nitrogens with zero attached hydrogens (tertiary/aromatic N) is 3. The molecule has 9 nitrogen and oxygen atoms in total. The predicted octanol–water partition coefficient (Wildman–Crippen LogP) is 4.63. The summed E-state index contributed by atoms with van der Waals surface area (Å²) in [6.45, 7) is 6.04. The molecule has 9 heteroatoms. The van der Waals surface area contributed by atoms with Crippen molar-refractivity contribution in [3.63, 3.8) is 0 Å². The molecule has 0 saturated carbocycles. The Morgan fingerprint density at radius 2 is 2.00 bits per heavy atom. The number of carbonyl (C=O) groups excluding carboxylic acids is 1. The molecule has 1 aliphatic rings. The van der Waals surface area contributed by atoms with Crippen molar-refractivity contribution in [3.05, 3.63) is 72.3 Å². The maximum absolute atomic E-state index is 13.2. The van der Waals surface area contributed by atoms with Crippen molar-refractivity contribution < 1.29 is 19.4 Å². The lowest BCUT2D eigenvalue weighted by Crippen LogP contribution is -2.55. The number of aliphatic hydroxyl groups excluding tert-OH is 1. The minimum absolute atomic E-state index is 0.171. The number of hydrogen-bond donors (Lipinski definition) is 3. The van der Waals surface area contributed by atoms with Crippen LogP contribution < -0.4 is 20.1 Å². The van der Waals surface area contributed by atoms with Crippen molar-refractivity contribution >= 4 is 28.2 Å². The zero-order valence-corrected chi connectivity index (χ0v) is 21.7. The molecule has 4 aromatic rings. The fraction of sp³-hybridized carbons (Fsp3) is 0.310. The number of Topliss-reactive ketones (excluding diaryl/α,β-unsaturated/α-hetero) is 1. The zero-order chi connectivity index (χ0) is 26.7. The Balaban J connectivity index is 1.39. The molecule has 0 aliphatic carbocycles. The Morgan fingerprint density at radius 3 is 2.71 bits per heavy atom. The average Bonchev–Trinajstić information content (AvgIpc) is 3.42. The summed E-state index contributed by atoms with van der Waals surface area (Å²) in [6.07, 6.45) is 3.83. The number of anilines is 2. The standard InChI is InChI=1S/C29H31N5O4/c1-18-14-21(9-11-24(18)38-22-10-8-19(2)30-15-22)34-28-26-23(31-17-32-28)6-4-7-25(26)37-20(3)27(36)29(16-35)12-5-13-33-29/h4,6-11,14-15,17,20,33,35H,5,12-13,16H2,1-3H3,(H,31,32,34)/t20-,29+/m1/s1. The van der Waals surface area contributed by atoms with E-state index >= 15 is 0 Å². The van der Waals surface area contributed by atoms with Gasteiger partial charge in [0.15, 0.2) is 11.9 Å². The molecule has 196 valence electrons. The van der Waals surface area contributed by atoms with Crippen LogP contribution in [0.25, 0.3) is 10.9 Å². The molecule has 1 saturated heterocycles. The minimum Gasteiger partial charge on any atom is -0.482 e. The molecule has 3 heterocycles. The SMILES string of the molecule is Cc1ccc(Oc2ccc(Nc3ncnc4cccc(O[C@H](C)C(=O)[C@@]5(CO)CCCN5)c34)cc2C)cn1. The summed E-state index contributed by atoms with van der Waals surface area (Å²) < 4.78 is 12.2. The Kier molecular flexibility index (Phi) is 7.22. The van der Waals surface area contributed by atoms with Gasteiger partial charge in [0.1, 0.15) is 34.9 Å². The van der Waals surface area contributed by atoms with E-state index in [2.05, 4.69) is 25.6 Å². The van der Waals surface area contributed by atoms with E-state index in [9.17, 15) is 9.90 Å². The van der Waals surface area contributed by atoms with E-state index in [1.807, 2.05) is 56.3 Å². The number of aromatic nitrogens is 3. The average molecular weight is 514 g/mol. The quantitative estimate of drug-likeness (QED) is 0.294. The number of aliphatic hydroxyl groups is 1. The first-order valence-corrected chi connectivity index (χ1v) is 12.7. The summed E-state index contributed by atoms with van der Waals surface area (Å²) in [5.74, 6) is 2.26. The molecule has 2 aromatic carbocycles. The number of benzene rings is 2. The molecular formula is C29H31N5O4. The summed E-state index contributed by atoms with van der Waals surface area (Å²) in [5.41, 5.74) is 2.39. The molecule has 2 atom stereocenters. The molecule has 3 N–H and O–H groups in total. The molecule has 0 unspecified atom stereocenters. The topological polar surface area (TPSA) is 118 Å². The lowest BCUT2D eigenvalue weighted by Gasteiger charge is -2.29. The normalized spacial score (nSPS) is 17.8. The van der Waals surface area contributed by atoms with Gasteiger partial charge in [0.2, 0.25) is 0 Å². The van der Waals surface area contributed by atoms with E-state index in [1.54, 1.807) is 19.2 Å². The van der Waals surface area contributed by atoms with Gasteiger partial charge in [-0.1, -0.05) is 6.07 Å². The maximum atomic E-state index is 13.2. The van der Waals surface area contributed by atoms with E-state index in [-0.39, 0.29) is 12.4 Å². The Labute approximate surface area is 221 Å². The minimum atomic E-state index is -0.961. The summed E-state index contributed by atoms with van der Waals surface area (Å²) in [4.78, 5) is 26.4. The largest absolute Gasteiger partial charge is 0.482 e. The number of nitrogens with one attached hydrogen (secondary N) is 2. The third kappa shape index (κ3) is 5.16. The molecule has 0 amide bonds. The number of fused-ring (bicyclic) bond motifs is 1. The lowest BCUT2D eigenvalue weighted by molar-refractivity contribution is -0.132. The number of pyridine rings is 1. The number of ether oxygens (including phenoxy) is 2. The van der Waals surface area contributed by atoms with Crippen molar-refractivity contribution in [2.75, 3.05) is 18.5 Å². The molecule has 5 rings (SSSR count). The van der Waals surface area contributed by atoms with Gasteiger partial charge in [-0.25, -0.2) is 9.97 Å². The molecular weight excluding hydrogens is 482 g/mol. The van der Waals surface area contributed by atoms with E-state index in [4.69, 9.17) is 9.47 Å². The lowest BCUT2D eigenvalue weighted by atomic mass is 9.90. The van der Waals surface area contributed by atoms with Gasteiger partial charge in [0.05, 0.1) is 23.7 Å².